The summed E-state index contributed by atoms with van der Waals surface area (Å²) in [7, 11) is -0.1000. The number of hydrogen-bond acceptors (Lipinski definition) is 4. The van der Waals surface area contributed by atoms with Crippen molar-refractivity contribution in [1.82, 2.24) is 5.32 Å². The van der Waals surface area contributed by atoms with Gasteiger partial charge in [0.05, 0.1) is 11.2 Å². The number of carbonyl (C=O) groups excluding carboxylic acids is 1. The van der Waals surface area contributed by atoms with Crippen LogP contribution in [0.15, 0.2) is 0 Å². The van der Waals surface area contributed by atoms with E-state index in [1.54, 1.807) is 0 Å². The molecule has 2 fully saturated rings. The molecule has 0 spiro atoms. The molecule has 1 unspecified atom stereocenters. The Balaban J connectivity index is 1.82. The van der Waals surface area contributed by atoms with E-state index in [4.69, 9.17) is 14.0 Å². The first-order valence-electron chi connectivity index (χ1n) is 12.2. The van der Waals surface area contributed by atoms with E-state index in [-0.39, 0.29) is 41.3 Å². The van der Waals surface area contributed by atoms with Gasteiger partial charge in [0.15, 0.2) is 0 Å². The molecule has 0 aromatic rings. The Labute approximate surface area is 191 Å². The first-order chi connectivity index (χ1) is 13.9. The van der Waals surface area contributed by atoms with Gasteiger partial charge in [0, 0.05) is 6.04 Å². The van der Waals surface area contributed by atoms with Gasteiger partial charge in [-0.25, -0.2) is 4.79 Å². The van der Waals surface area contributed by atoms with Gasteiger partial charge >= 0.3 is 13.2 Å². The highest BCUT2D eigenvalue weighted by Crippen LogP contribution is 2.55. The van der Waals surface area contributed by atoms with Crippen LogP contribution in [0.1, 0.15) is 108 Å². The molecule has 0 aromatic heterocycles. The van der Waals surface area contributed by atoms with Crippen molar-refractivity contribution in [2.75, 3.05) is 0 Å². The number of carbonyl (C=O) groups is 1. The number of hydrogen-bond donors (Lipinski definition) is 1. The molecule has 1 heterocycles. The molecular weight excluding hydrogens is 389 g/mol. The van der Waals surface area contributed by atoms with Crippen molar-refractivity contribution in [2.45, 2.75) is 137 Å². The molecular formula is C25H48BNO4. The standard InChI is InChI=1S/C25H48BNO4/c1-21(2,3)25(11,18-16-19(17-18)27-20(28)29-22(4,5)6)14-12-13-15-26-30-23(7,8)24(9,10)31-26/h18-19H,12-17H2,1-11H3,(H,27,28)/t18-,19+,25?. The largest absolute Gasteiger partial charge is 0.457 e. The molecule has 0 bridgehead atoms. The fourth-order valence-electron chi connectivity index (χ4n) is 4.81. The Morgan fingerprint density at radius 2 is 1.48 bits per heavy atom. The lowest BCUT2D eigenvalue weighted by Crippen LogP contribution is -2.53. The Morgan fingerprint density at radius 3 is 1.94 bits per heavy atom. The highest BCUT2D eigenvalue weighted by atomic mass is 16.7. The smallest absolute Gasteiger partial charge is 0.444 e. The Morgan fingerprint density at radius 1 is 0.968 bits per heavy atom. The van der Waals surface area contributed by atoms with Gasteiger partial charge in [-0.2, -0.15) is 0 Å². The molecule has 31 heavy (non-hydrogen) atoms. The average molecular weight is 437 g/mol. The summed E-state index contributed by atoms with van der Waals surface area (Å²) < 4.78 is 17.7. The van der Waals surface area contributed by atoms with Gasteiger partial charge in [-0.1, -0.05) is 40.5 Å². The number of ether oxygens (including phenoxy) is 1. The molecule has 5 nitrogen and oxygen atoms in total. The molecule has 0 aromatic carbocycles. The van der Waals surface area contributed by atoms with Crippen LogP contribution in [0, 0.1) is 16.7 Å². The van der Waals surface area contributed by atoms with Crippen molar-refractivity contribution < 1.29 is 18.8 Å². The number of rotatable bonds is 7. The van der Waals surface area contributed by atoms with Gasteiger partial charge in [0.25, 0.3) is 0 Å². The summed E-state index contributed by atoms with van der Waals surface area (Å²) in [6, 6.07) is 0.228. The van der Waals surface area contributed by atoms with Crippen LogP contribution < -0.4 is 5.32 Å². The van der Waals surface area contributed by atoms with E-state index in [2.05, 4.69) is 60.7 Å². The van der Waals surface area contributed by atoms with E-state index in [9.17, 15) is 4.79 Å². The second-order valence-electron chi connectivity index (χ2n) is 13.1. The minimum Gasteiger partial charge on any atom is -0.444 e. The average Bonchev–Trinajstić information content (AvgIpc) is 2.71. The van der Waals surface area contributed by atoms with Crippen LogP contribution in [0.4, 0.5) is 4.79 Å². The van der Waals surface area contributed by atoms with Gasteiger partial charge in [-0.3, -0.25) is 0 Å². The molecule has 1 saturated heterocycles. The van der Waals surface area contributed by atoms with Crippen LogP contribution >= 0.6 is 0 Å². The van der Waals surface area contributed by atoms with Crippen molar-refractivity contribution in [2.24, 2.45) is 16.7 Å². The van der Waals surface area contributed by atoms with Crippen LogP contribution in [0.25, 0.3) is 0 Å². The highest BCUT2D eigenvalue weighted by molar-refractivity contribution is 6.45. The lowest BCUT2D eigenvalue weighted by atomic mass is 9.52. The van der Waals surface area contributed by atoms with E-state index in [1.807, 2.05) is 20.8 Å². The van der Waals surface area contributed by atoms with Crippen LogP contribution in [0.5, 0.6) is 0 Å². The molecule has 0 radical (unpaired) electrons. The van der Waals surface area contributed by atoms with Gasteiger partial charge < -0.3 is 19.4 Å². The predicted octanol–water partition coefficient (Wildman–Crippen LogP) is 6.60. The summed E-state index contributed by atoms with van der Waals surface area (Å²) in [6.45, 7) is 23.7. The Bertz CT molecular complexity index is 612. The number of nitrogens with one attached hydrogen (secondary N) is 1. The molecule has 6 heteroatoms. The molecule has 1 aliphatic carbocycles. The minimum atomic E-state index is -0.454. The van der Waals surface area contributed by atoms with E-state index >= 15 is 0 Å². The zero-order valence-corrected chi connectivity index (χ0v) is 22.1. The van der Waals surface area contributed by atoms with Crippen molar-refractivity contribution in [3.63, 3.8) is 0 Å². The van der Waals surface area contributed by atoms with Crippen LogP contribution in [-0.4, -0.2) is 36.1 Å². The molecule has 180 valence electrons. The van der Waals surface area contributed by atoms with Crippen molar-refractivity contribution >= 4 is 13.2 Å². The second-order valence-corrected chi connectivity index (χ2v) is 13.1. The topological polar surface area (TPSA) is 56.8 Å². The zero-order chi connectivity index (χ0) is 23.9. The summed E-state index contributed by atoms with van der Waals surface area (Å²) in [5, 5.41) is 3.05. The molecule has 2 rings (SSSR count). The highest BCUT2D eigenvalue weighted by Gasteiger charge is 2.51. The molecule has 1 aliphatic heterocycles. The second kappa shape index (κ2) is 8.89. The van der Waals surface area contributed by atoms with Crippen molar-refractivity contribution in [1.29, 1.82) is 0 Å². The molecule has 1 saturated carbocycles. The fourth-order valence-corrected chi connectivity index (χ4v) is 4.81. The summed E-state index contributed by atoms with van der Waals surface area (Å²) in [5.41, 5.74) is -0.516. The quantitative estimate of drug-likeness (QED) is 0.360. The monoisotopic (exact) mass is 437 g/mol. The summed E-state index contributed by atoms with van der Waals surface area (Å²) in [5.74, 6) is 0.615. The molecule has 2 aliphatic rings. The Hall–Kier alpha value is -0.745. The fraction of sp³-hybridized carbons (Fsp3) is 0.960. The van der Waals surface area contributed by atoms with Crippen LogP contribution in [0.3, 0.4) is 0 Å². The molecule has 1 N–H and O–H groups in total. The van der Waals surface area contributed by atoms with Crippen molar-refractivity contribution in [3.05, 3.63) is 0 Å². The lowest BCUT2D eigenvalue weighted by Gasteiger charge is -2.54. The van der Waals surface area contributed by atoms with Crippen LogP contribution in [-0.2, 0) is 14.0 Å². The molecule has 1 atom stereocenters. The minimum absolute atomic E-state index is 0.1000. The van der Waals surface area contributed by atoms with Gasteiger partial charge in [0.2, 0.25) is 0 Å². The Kier molecular flexibility index (Phi) is 7.60. The predicted molar refractivity (Wildman–Crippen MR) is 128 cm³/mol. The normalized spacial score (nSPS) is 27.4. The maximum atomic E-state index is 12.1. The first kappa shape index (κ1) is 26.5. The third kappa shape index (κ3) is 6.40. The van der Waals surface area contributed by atoms with E-state index in [0.717, 1.165) is 25.6 Å². The van der Waals surface area contributed by atoms with E-state index in [0.29, 0.717) is 5.92 Å². The summed E-state index contributed by atoms with van der Waals surface area (Å²) in [6.07, 6.45) is 6.16. The SMILES string of the molecule is CC(C)(C)OC(=O)N[C@H]1C[C@@H](C(C)(CCCCB2OC(C)(C)C(C)(C)O2)C(C)(C)C)C1. The maximum Gasteiger partial charge on any atom is 0.457 e. The van der Waals surface area contributed by atoms with E-state index in [1.165, 1.54) is 12.8 Å². The number of unbranched alkanes of at least 4 members (excludes halogenated alkanes) is 1. The van der Waals surface area contributed by atoms with E-state index < -0.39 is 5.60 Å². The maximum absolute atomic E-state index is 12.1. The number of amides is 1. The van der Waals surface area contributed by atoms with Gasteiger partial charge in [-0.05, 0) is 90.8 Å². The number of alkyl carbamates (subject to hydrolysis) is 1. The summed E-state index contributed by atoms with van der Waals surface area (Å²) >= 11 is 0. The van der Waals surface area contributed by atoms with Gasteiger partial charge in [-0.15, -0.1) is 0 Å². The lowest BCUT2D eigenvalue weighted by molar-refractivity contribution is -0.0345. The summed E-state index contributed by atoms with van der Waals surface area (Å²) in [4.78, 5) is 12.1. The van der Waals surface area contributed by atoms with Gasteiger partial charge in [0.1, 0.15) is 5.60 Å². The molecule has 1 amide bonds. The third-order valence-corrected chi connectivity index (χ3v) is 8.16. The zero-order valence-electron chi connectivity index (χ0n) is 22.1. The first-order valence-corrected chi connectivity index (χ1v) is 12.2. The third-order valence-electron chi connectivity index (χ3n) is 8.16. The van der Waals surface area contributed by atoms with Crippen LogP contribution in [0.2, 0.25) is 6.32 Å². The van der Waals surface area contributed by atoms with Crippen molar-refractivity contribution in [3.8, 4) is 0 Å².